The molecule has 112 valence electrons. The van der Waals surface area contributed by atoms with Crippen LogP contribution in [0.1, 0.15) is 39.5 Å². The van der Waals surface area contributed by atoms with E-state index < -0.39 is 0 Å². The Morgan fingerprint density at radius 1 is 1.15 bits per heavy atom. The Balaban J connectivity index is 2.37. The smallest absolute Gasteiger partial charge is 0.0609 e. The zero-order chi connectivity index (χ0) is 14.6. The van der Waals surface area contributed by atoms with E-state index in [2.05, 4.69) is 55.0 Å². The van der Waals surface area contributed by atoms with Gasteiger partial charge in [-0.05, 0) is 25.0 Å². The van der Waals surface area contributed by atoms with E-state index >= 15 is 0 Å². The molecule has 0 bridgehead atoms. The van der Waals surface area contributed by atoms with Gasteiger partial charge in [0.05, 0.1) is 16.9 Å². The summed E-state index contributed by atoms with van der Waals surface area (Å²) in [5, 5.41) is 0. The summed E-state index contributed by atoms with van der Waals surface area (Å²) in [4.78, 5) is 4.93. The number of unbranched alkanes of at least 4 members (excludes halogenated alkanes) is 1. The van der Waals surface area contributed by atoms with Gasteiger partial charge in [0, 0.05) is 26.7 Å². The van der Waals surface area contributed by atoms with Gasteiger partial charge in [-0.25, -0.2) is 0 Å². The van der Waals surface area contributed by atoms with E-state index in [0.717, 1.165) is 26.1 Å². The highest BCUT2D eigenvalue weighted by Crippen LogP contribution is 2.39. The monoisotopic (exact) mass is 275 g/mol. The summed E-state index contributed by atoms with van der Waals surface area (Å²) >= 11 is 0. The van der Waals surface area contributed by atoms with Crippen LogP contribution in [-0.2, 0) is 0 Å². The lowest BCUT2D eigenvalue weighted by Crippen LogP contribution is -2.57. The Morgan fingerprint density at radius 3 is 2.45 bits per heavy atom. The van der Waals surface area contributed by atoms with E-state index in [4.69, 9.17) is 5.73 Å². The van der Waals surface area contributed by atoms with Gasteiger partial charge in [-0.3, -0.25) is 0 Å². The van der Waals surface area contributed by atoms with E-state index in [-0.39, 0.29) is 5.54 Å². The molecule has 0 saturated carbocycles. The molecular formula is C17H29N3. The molecule has 2 rings (SSSR count). The van der Waals surface area contributed by atoms with Gasteiger partial charge in [-0.15, -0.1) is 0 Å². The van der Waals surface area contributed by atoms with Crippen LogP contribution in [-0.4, -0.2) is 32.2 Å². The summed E-state index contributed by atoms with van der Waals surface area (Å²) in [6.45, 7) is 7.42. The standard InChI is InChI=1S/C17H29N3/c1-4-6-11-17(5-2,14-18)20-13-12-19(3)15-9-7-8-10-16(15)20/h7-10H,4-6,11-14,18H2,1-3H3. The molecule has 0 saturated heterocycles. The zero-order valence-corrected chi connectivity index (χ0v) is 13.2. The Hall–Kier alpha value is -1.22. The minimum atomic E-state index is 0.118. The van der Waals surface area contributed by atoms with Gasteiger partial charge in [0.25, 0.3) is 0 Å². The third-order valence-electron chi connectivity index (χ3n) is 4.85. The number of nitrogens with two attached hydrogens (primary N) is 1. The summed E-state index contributed by atoms with van der Waals surface area (Å²) in [5.74, 6) is 0. The molecule has 0 spiro atoms. The molecule has 3 nitrogen and oxygen atoms in total. The maximum Gasteiger partial charge on any atom is 0.0609 e. The van der Waals surface area contributed by atoms with Crippen LogP contribution in [0.3, 0.4) is 0 Å². The average molecular weight is 275 g/mol. The molecule has 20 heavy (non-hydrogen) atoms. The van der Waals surface area contributed by atoms with Crippen molar-refractivity contribution in [3.63, 3.8) is 0 Å². The molecule has 1 heterocycles. The number of hydrogen-bond acceptors (Lipinski definition) is 3. The van der Waals surface area contributed by atoms with Crippen LogP contribution < -0.4 is 15.5 Å². The van der Waals surface area contributed by atoms with Crippen LogP contribution in [0.5, 0.6) is 0 Å². The SMILES string of the molecule is CCCCC(CC)(CN)N1CCN(C)c2ccccc21. The number of benzene rings is 1. The molecule has 0 radical (unpaired) electrons. The summed E-state index contributed by atoms with van der Waals surface area (Å²) in [6.07, 6.45) is 4.78. The predicted molar refractivity (Wildman–Crippen MR) is 88.7 cm³/mol. The zero-order valence-electron chi connectivity index (χ0n) is 13.2. The molecule has 0 aliphatic carbocycles. The van der Waals surface area contributed by atoms with E-state index in [1.807, 2.05) is 0 Å². The fourth-order valence-electron chi connectivity index (χ4n) is 3.36. The second-order valence-corrected chi connectivity index (χ2v) is 5.95. The van der Waals surface area contributed by atoms with Gasteiger partial charge in [0.15, 0.2) is 0 Å². The lowest BCUT2D eigenvalue weighted by Gasteiger charge is -2.49. The van der Waals surface area contributed by atoms with Crippen LogP contribution in [0.25, 0.3) is 0 Å². The van der Waals surface area contributed by atoms with Gasteiger partial charge in [-0.2, -0.15) is 0 Å². The maximum absolute atomic E-state index is 6.23. The van der Waals surface area contributed by atoms with Gasteiger partial charge in [0.2, 0.25) is 0 Å². The summed E-state index contributed by atoms with van der Waals surface area (Å²) in [5.41, 5.74) is 9.03. The molecule has 2 N–H and O–H groups in total. The molecule has 1 aromatic carbocycles. The number of para-hydroxylation sites is 2. The lowest BCUT2D eigenvalue weighted by molar-refractivity contribution is 0.341. The van der Waals surface area contributed by atoms with Gasteiger partial charge < -0.3 is 15.5 Å². The summed E-state index contributed by atoms with van der Waals surface area (Å²) in [7, 11) is 2.18. The van der Waals surface area contributed by atoms with Gasteiger partial charge >= 0.3 is 0 Å². The second kappa shape index (κ2) is 6.49. The van der Waals surface area contributed by atoms with Crippen molar-refractivity contribution in [2.75, 3.05) is 36.5 Å². The van der Waals surface area contributed by atoms with Crippen molar-refractivity contribution < 1.29 is 0 Å². The van der Waals surface area contributed by atoms with Crippen molar-refractivity contribution in [3.8, 4) is 0 Å². The predicted octanol–water partition coefficient (Wildman–Crippen LogP) is 3.24. The molecule has 1 aromatic rings. The summed E-state index contributed by atoms with van der Waals surface area (Å²) < 4.78 is 0. The van der Waals surface area contributed by atoms with E-state index in [9.17, 15) is 0 Å². The molecular weight excluding hydrogens is 246 g/mol. The summed E-state index contributed by atoms with van der Waals surface area (Å²) in [6, 6.07) is 8.73. The molecule has 0 fully saturated rings. The van der Waals surface area contributed by atoms with Crippen LogP contribution in [0.15, 0.2) is 24.3 Å². The minimum Gasteiger partial charge on any atom is -0.371 e. The largest absolute Gasteiger partial charge is 0.371 e. The second-order valence-electron chi connectivity index (χ2n) is 5.95. The number of fused-ring (bicyclic) bond motifs is 1. The number of nitrogens with zero attached hydrogens (tertiary/aromatic N) is 2. The molecule has 1 aliphatic heterocycles. The van der Waals surface area contributed by atoms with Crippen molar-refractivity contribution in [2.24, 2.45) is 5.73 Å². The first-order valence-corrected chi connectivity index (χ1v) is 7.96. The normalized spacial score (nSPS) is 17.8. The van der Waals surface area contributed by atoms with Gasteiger partial charge in [-0.1, -0.05) is 38.8 Å². The van der Waals surface area contributed by atoms with Crippen molar-refractivity contribution in [2.45, 2.75) is 45.1 Å². The molecule has 1 atom stereocenters. The number of likely N-dealkylation sites (N-methyl/N-ethyl adjacent to an activating group) is 1. The molecule has 1 aliphatic rings. The average Bonchev–Trinajstić information content (AvgIpc) is 2.50. The van der Waals surface area contributed by atoms with E-state index in [0.29, 0.717) is 0 Å². The lowest BCUT2D eigenvalue weighted by atomic mass is 9.86. The Bertz CT molecular complexity index is 426. The van der Waals surface area contributed by atoms with Gasteiger partial charge in [0.1, 0.15) is 0 Å². The first kappa shape index (κ1) is 15.2. The fourth-order valence-corrected chi connectivity index (χ4v) is 3.36. The highest BCUT2D eigenvalue weighted by molar-refractivity contribution is 5.74. The topological polar surface area (TPSA) is 32.5 Å². The van der Waals surface area contributed by atoms with Crippen LogP contribution in [0, 0.1) is 0 Å². The highest BCUT2D eigenvalue weighted by atomic mass is 15.3. The minimum absolute atomic E-state index is 0.118. The third kappa shape index (κ3) is 2.64. The number of rotatable bonds is 6. The number of hydrogen-bond donors (Lipinski definition) is 1. The third-order valence-corrected chi connectivity index (χ3v) is 4.85. The quantitative estimate of drug-likeness (QED) is 0.865. The fraction of sp³-hybridized carbons (Fsp3) is 0.647. The first-order valence-electron chi connectivity index (χ1n) is 7.96. The first-order chi connectivity index (χ1) is 9.68. The Kier molecular flexibility index (Phi) is 4.92. The molecule has 0 aromatic heterocycles. The molecule has 3 heteroatoms. The van der Waals surface area contributed by atoms with Crippen LogP contribution in [0.2, 0.25) is 0 Å². The van der Waals surface area contributed by atoms with E-state index in [1.54, 1.807) is 0 Å². The molecule has 1 unspecified atom stereocenters. The van der Waals surface area contributed by atoms with Crippen molar-refractivity contribution in [1.82, 2.24) is 0 Å². The van der Waals surface area contributed by atoms with Crippen LogP contribution >= 0.6 is 0 Å². The Labute approximate surface area is 123 Å². The van der Waals surface area contributed by atoms with Crippen LogP contribution in [0.4, 0.5) is 11.4 Å². The molecule has 0 amide bonds. The number of anilines is 2. The van der Waals surface area contributed by atoms with Crippen molar-refractivity contribution in [3.05, 3.63) is 24.3 Å². The van der Waals surface area contributed by atoms with Crippen molar-refractivity contribution in [1.29, 1.82) is 0 Å². The van der Waals surface area contributed by atoms with Crippen molar-refractivity contribution >= 4 is 11.4 Å². The van der Waals surface area contributed by atoms with E-state index in [1.165, 1.54) is 30.6 Å². The maximum atomic E-state index is 6.23. The highest BCUT2D eigenvalue weighted by Gasteiger charge is 2.36. The Morgan fingerprint density at radius 2 is 1.85 bits per heavy atom.